The second kappa shape index (κ2) is 2.33. The Bertz CT molecular complexity index is 164. The summed E-state index contributed by atoms with van der Waals surface area (Å²) in [5.74, 6) is -0.875. The van der Waals surface area contributed by atoms with E-state index in [1.54, 1.807) is 13.0 Å². The highest BCUT2D eigenvalue weighted by Crippen LogP contribution is 2.26. The second-order valence-corrected chi connectivity index (χ2v) is 2.35. The van der Waals surface area contributed by atoms with Crippen LogP contribution in [0.4, 0.5) is 0 Å². The van der Waals surface area contributed by atoms with Crippen LogP contribution in [0.2, 0.25) is 0 Å². The Kier molecular flexibility index (Phi) is 1.66. The monoisotopic (exact) mass is 142 g/mol. The van der Waals surface area contributed by atoms with Crippen molar-refractivity contribution in [1.82, 2.24) is 0 Å². The third kappa shape index (κ3) is 0.875. The minimum absolute atomic E-state index is 0.485. The van der Waals surface area contributed by atoms with Crippen LogP contribution in [0.25, 0.3) is 0 Å². The molecule has 0 saturated carbocycles. The normalized spacial score (nSPS) is 30.1. The Morgan fingerprint density at radius 1 is 1.90 bits per heavy atom. The van der Waals surface area contributed by atoms with Crippen LogP contribution < -0.4 is 0 Å². The van der Waals surface area contributed by atoms with Gasteiger partial charge in [0, 0.05) is 6.42 Å². The molecular weight excluding hydrogens is 132 g/mol. The summed E-state index contributed by atoms with van der Waals surface area (Å²) in [5, 5.41) is 8.70. The Hall–Kier alpha value is -0.990. The van der Waals surface area contributed by atoms with Gasteiger partial charge in [-0.2, -0.15) is 0 Å². The summed E-state index contributed by atoms with van der Waals surface area (Å²) in [6, 6.07) is 0. The summed E-state index contributed by atoms with van der Waals surface area (Å²) in [7, 11) is 0. The lowest BCUT2D eigenvalue weighted by atomic mass is 9.98. The van der Waals surface area contributed by atoms with Gasteiger partial charge in [0.15, 0.2) is 0 Å². The van der Waals surface area contributed by atoms with E-state index in [1.807, 2.05) is 0 Å². The third-order valence-corrected chi connectivity index (χ3v) is 1.80. The molecule has 0 aliphatic carbocycles. The Balaban J connectivity index is 2.70. The molecule has 1 aliphatic rings. The summed E-state index contributed by atoms with van der Waals surface area (Å²) in [4.78, 5) is 10.6. The first kappa shape index (κ1) is 7.12. The maximum Gasteiger partial charge on any atom is 0.348 e. The summed E-state index contributed by atoms with van der Waals surface area (Å²) < 4.78 is 4.97. The van der Waals surface area contributed by atoms with Crippen molar-refractivity contribution < 1.29 is 14.6 Å². The Morgan fingerprint density at radius 3 is 2.80 bits per heavy atom. The van der Waals surface area contributed by atoms with Crippen molar-refractivity contribution in [2.45, 2.75) is 25.4 Å². The van der Waals surface area contributed by atoms with Crippen molar-refractivity contribution in [3.05, 3.63) is 12.3 Å². The quantitative estimate of drug-likeness (QED) is 0.629. The molecule has 0 bridgehead atoms. The topological polar surface area (TPSA) is 46.5 Å². The zero-order valence-corrected chi connectivity index (χ0v) is 5.83. The van der Waals surface area contributed by atoms with E-state index < -0.39 is 11.6 Å². The molecule has 0 saturated heterocycles. The minimum atomic E-state index is -0.958. The van der Waals surface area contributed by atoms with Gasteiger partial charge in [-0.1, -0.05) is 6.92 Å². The summed E-state index contributed by atoms with van der Waals surface area (Å²) in [6.45, 7) is 1.81. The fourth-order valence-electron chi connectivity index (χ4n) is 0.982. The molecule has 3 nitrogen and oxygen atoms in total. The summed E-state index contributed by atoms with van der Waals surface area (Å²) in [6.07, 6.45) is 4.18. The van der Waals surface area contributed by atoms with E-state index in [-0.39, 0.29) is 0 Å². The number of hydrogen-bond donors (Lipinski definition) is 1. The van der Waals surface area contributed by atoms with E-state index in [0.717, 1.165) is 0 Å². The van der Waals surface area contributed by atoms with Crippen LogP contribution in [0.5, 0.6) is 0 Å². The van der Waals surface area contributed by atoms with Gasteiger partial charge in [-0.05, 0) is 12.5 Å². The molecule has 56 valence electrons. The van der Waals surface area contributed by atoms with Crippen molar-refractivity contribution in [2.75, 3.05) is 0 Å². The number of carboxylic acids is 1. The Labute approximate surface area is 59.3 Å². The summed E-state index contributed by atoms with van der Waals surface area (Å²) >= 11 is 0. The molecule has 0 amide bonds. The van der Waals surface area contributed by atoms with Gasteiger partial charge < -0.3 is 9.84 Å². The highest BCUT2D eigenvalue weighted by molar-refractivity contribution is 5.78. The van der Waals surface area contributed by atoms with Crippen molar-refractivity contribution in [2.24, 2.45) is 0 Å². The average Bonchev–Trinajstić information content (AvgIpc) is 2.35. The molecule has 0 spiro atoms. The molecule has 0 radical (unpaired) electrons. The number of ether oxygens (including phenoxy) is 1. The Morgan fingerprint density at radius 2 is 2.60 bits per heavy atom. The molecule has 1 rings (SSSR count). The van der Waals surface area contributed by atoms with Crippen LogP contribution in [0, 0.1) is 0 Å². The molecular formula is C7H10O3. The van der Waals surface area contributed by atoms with E-state index in [0.29, 0.717) is 12.8 Å². The van der Waals surface area contributed by atoms with E-state index in [4.69, 9.17) is 9.84 Å². The molecule has 10 heavy (non-hydrogen) atoms. The maximum atomic E-state index is 10.6. The molecule has 1 aliphatic heterocycles. The molecule has 0 aromatic heterocycles. The molecule has 1 heterocycles. The van der Waals surface area contributed by atoms with Crippen LogP contribution in [0.15, 0.2) is 12.3 Å². The van der Waals surface area contributed by atoms with Crippen molar-refractivity contribution in [3.8, 4) is 0 Å². The number of carboxylic acid groups (broad SMARTS) is 1. The second-order valence-electron chi connectivity index (χ2n) is 2.35. The minimum Gasteiger partial charge on any atom is -0.483 e. The standard InChI is InChI=1S/C7H10O3/c1-2-7(6(8)9)4-3-5-10-7/h3,5H,2,4H2,1H3,(H,8,9). The highest BCUT2D eigenvalue weighted by atomic mass is 16.5. The molecule has 1 N–H and O–H groups in total. The predicted molar refractivity (Wildman–Crippen MR) is 35.5 cm³/mol. The van der Waals surface area contributed by atoms with E-state index >= 15 is 0 Å². The van der Waals surface area contributed by atoms with E-state index in [9.17, 15) is 4.79 Å². The fourth-order valence-corrected chi connectivity index (χ4v) is 0.982. The lowest BCUT2D eigenvalue weighted by Crippen LogP contribution is -2.36. The van der Waals surface area contributed by atoms with Gasteiger partial charge in [0.05, 0.1) is 6.26 Å². The fraction of sp³-hybridized carbons (Fsp3) is 0.571. The van der Waals surface area contributed by atoms with Crippen molar-refractivity contribution in [3.63, 3.8) is 0 Å². The van der Waals surface area contributed by atoms with Gasteiger partial charge in [0.1, 0.15) is 0 Å². The number of aliphatic carboxylic acids is 1. The number of hydrogen-bond acceptors (Lipinski definition) is 2. The molecule has 0 fully saturated rings. The predicted octanol–water partition coefficient (Wildman–Crippen LogP) is 1.15. The first-order chi connectivity index (χ1) is 4.71. The zero-order valence-electron chi connectivity index (χ0n) is 5.83. The largest absolute Gasteiger partial charge is 0.483 e. The molecule has 3 heteroatoms. The van der Waals surface area contributed by atoms with Crippen molar-refractivity contribution >= 4 is 5.97 Å². The molecule has 0 aromatic rings. The SMILES string of the molecule is CCC1(C(=O)O)CC=CO1. The van der Waals surface area contributed by atoms with Crippen molar-refractivity contribution in [1.29, 1.82) is 0 Å². The first-order valence-electron chi connectivity index (χ1n) is 3.27. The van der Waals surface area contributed by atoms with Gasteiger partial charge in [-0.15, -0.1) is 0 Å². The van der Waals surface area contributed by atoms with E-state index in [2.05, 4.69) is 0 Å². The molecule has 0 aromatic carbocycles. The van der Waals surface area contributed by atoms with Gasteiger partial charge in [0.25, 0.3) is 0 Å². The molecule has 1 atom stereocenters. The lowest BCUT2D eigenvalue weighted by molar-refractivity contribution is -0.157. The van der Waals surface area contributed by atoms with Gasteiger partial charge in [-0.3, -0.25) is 0 Å². The maximum absolute atomic E-state index is 10.6. The van der Waals surface area contributed by atoms with Gasteiger partial charge in [-0.25, -0.2) is 4.79 Å². The molecule has 1 unspecified atom stereocenters. The van der Waals surface area contributed by atoms with E-state index in [1.165, 1.54) is 6.26 Å². The number of rotatable bonds is 2. The zero-order chi connectivity index (χ0) is 7.61. The lowest BCUT2D eigenvalue weighted by Gasteiger charge is -2.21. The summed E-state index contributed by atoms with van der Waals surface area (Å²) in [5.41, 5.74) is -0.958. The van der Waals surface area contributed by atoms with Crippen LogP contribution >= 0.6 is 0 Å². The average molecular weight is 142 g/mol. The van der Waals surface area contributed by atoms with Crippen LogP contribution in [-0.2, 0) is 9.53 Å². The smallest absolute Gasteiger partial charge is 0.348 e. The van der Waals surface area contributed by atoms with Crippen LogP contribution in [-0.4, -0.2) is 16.7 Å². The van der Waals surface area contributed by atoms with Gasteiger partial charge in [0.2, 0.25) is 5.60 Å². The first-order valence-corrected chi connectivity index (χ1v) is 3.27. The third-order valence-electron chi connectivity index (χ3n) is 1.80. The number of carbonyl (C=O) groups is 1. The highest BCUT2D eigenvalue weighted by Gasteiger charge is 2.39. The van der Waals surface area contributed by atoms with Gasteiger partial charge >= 0.3 is 5.97 Å². The van der Waals surface area contributed by atoms with Crippen LogP contribution in [0.3, 0.4) is 0 Å². The van der Waals surface area contributed by atoms with Crippen LogP contribution in [0.1, 0.15) is 19.8 Å².